The number of pyridine rings is 1. The maximum atomic E-state index is 10.8. The van der Waals surface area contributed by atoms with Gasteiger partial charge in [-0.25, -0.2) is 9.78 Å². The number of aromatic nitrogens is 1. The third-order valence-electron chi connectivity index (χ3n) is 3.39. The predicted molar refractivity (Wildman–Crippen MR) is 64.9 cm³/mol. The van der Waals surface area contributed by atoms with Gasteiger partial charge in [0.05, 0.1) is 5.69 Å². The second-order valence-corrected chi connectivity index (χ2v) is 4.67. The van der Waals surface area contributed by atoms with E-state index in [1.54, 1.807) is 6.07 Å². The Morgan fingerprint density at radius 2 is 2.18 bits per heavy atom. The average Bonchev–Trinajstić information content (AvgIpc) is 2.82. The lowest BCUT2D eigenvalue weighted by Gasteiger charge is -2.23. The van der Waals surface area contributed by atoms with Crippen molar-refractivity contribution in [2.24, 2.45) is 0 Å². The topological polar surface area (TPSA) is 53.4 Å². The first-order chi connectivity index (χ1) is 8.16. The van der Waals surface area contributed by atoms with Gasteiger partial charge in [-0.2, -0.15) is 0 Å². The molecule has 0 aliphatic heterocycles. The lowest BCUT2D eigenvalue weighted by Crippen LogP contribution is -2.29. The fourth-order valence-corrected chi connectivity index (χ4v) is 2.42. The summed E-state index contributed by atoms with van der Waals surface area (Å²) in [5.74, 6) is -0.963. The summed E-state index contributed by atoms with van der Waals surface area (Å²) in [7, 11) is 2.09. The first kappa shape index (κ1) is 12.0. The second-order valence-electron chi connectivity index (χ2n) is 4.67. The van der Waals surface area contributed by atoms with E-state index in [4.69, 9.17) is 5.11 Å². The predicted octanol–water partition coefficient (Wildman–Crippen LogP) is 2.15. The van der Waals surface area contributed by atoms with E-state index in [-0.39, 0.29) is 5.69 Å². The number of aromatic carboxylic acids is 1. The van der Waals surface area contributed by atoms with Gasteiger partial charge in [0.1, 0.15) is 5.69 Å². The lowest BCUT2D eigenvalue weighted by atomic mass is 10.2. The smallest absolute Gasteiger partial charge is 0.354 e. The number of carboxylic acids is 1. The van der Waals surface area contributed by atoms with E-state index in [0.29, 0.717) is 6.04 Å². The number of hydrogen-bond acceptors (Lipinski definition) is 3. The van der Waals surface area contributed by atoms with Crippen LogP contribution < -0.4 is 0 Å². The Kier molecular flexibility index (Phi) is 3.74. The van der Waals surface area contributed by atoms with E-state index >= 15 is 0 Å². The minimum atomic E-state index is -0.963. The van der Waals surface area contributed by atoms with Crippen LogP contribution in [0.25, 0.3) is 0 Å². The molecule has 0 spiro atoms. The molecule has 0 saturated heterocycles. The Morgan fingerprint density at radius 3 is 2.82 bits per heavy atom. The molecule has 1 N–H and O–H groups in total. The van der Waals surface area contributed by atoms with Gasteiger partial charge in [-0.05, 0) is 32.0 Å². The normalized spacial score (nSPS) is 16.6. The summed E-state index contributed by atoms with van der Waals surface area (Å²) in [5.41, 5.74) is 0.960. The quantitative estimate of drug-likeness (QED) is 0.867. The van der Waals surface area contributed by atoms with Gasteiger partial charge < -0.3 is 5.11 Å². The van der Waals surface area contributed by atoms with Crippen LogP contribution in [0.1, 0.15) is 41.9 Å². The summed E-state index contributed by atoms with van der Waals surface area (Å²) in [5, 5.41) is 8.88. The van der Waals surface area contributed by atoms with E-state index in [0.717, 1.165) is 12.2 Å². The molecule has 4 nitrogen and oxygen atoms in total. The summed E-state index contributed by atoms with van der Waals surface area (Å²) in [4.78, 5) is 17.2. The second kappa shape index (κ2) is 5.27. The zero-order chi connectivity index (χ0) is 12.3. The largest absolute Gasteiger partial charge is 0.477 e. The molecule has 17 heavy (non-hydrogen) atoms. The molecule has 1 saturated carbocycles. The van der Waals surface area contributed by atoms with Gasteiger partial charge in [-0.3, -0.25) is 4.90 Å². The maximum absolute atomic E-state index is 10.8. The summed E-state index contributed by atoms with van der Waals surface area (Å²) >= 11 is 0. The SMILES string of the molecule is CN(Cc1cccc(C(=O)O)n1)C1CCCC1. The molecule has 0 amide bonds. The van der Waals surface area contributed by atoms with Crippen LogP contribution in [0.2, 0.25) is 0 Å². The monoisotopic (exact) mass is 234 g/mol. The first-order valence-electron chi connectivity index (χ1n) is 6.06. The molecule has 92 valence electrons. The third kappa shape index (κ3) is 3.03. The molecule has 0 unspecified atom stereocenters. The number of hydrogen-bond donors (Lipinski definition) is 1. The minimum absolute atomic E-state index is 0.127. The highest BCUT2D eigenvalue weighted by atomic mass is 16.4. The van der Waals surface area contributed by atoms with Gasteiger partial charge in [-0.15, -0.1) is 0 Å². The molecule has 1 aliphatic carbocycles. The van der Waals surface area contributed by atoms with Crippen molar-refractivity contribution in [1.29, 1.82) is 0 Å². The Labute approximate surface area is 101 Å². The van der Waals surface area contributed by atoms with Crippen molar-refractivity contribution >= 4 is 5.97 Å². The van der Waals surface area contributed by atoms with E-state index in [1.165, 1.54) is 31.7 Å². The average molecular weight is 234 g/mol. The summed E-state index contributed by atoms with van der Waals surface area (Å²) < 4.78 is 0. The van der Waals surface area contributed by atoms with Gasteiger partial charge in [-0.1, -0.05) is 18.9 Å². The van der Waals surface area contributed by atoms with E-state index in [9.17, 15) is 4.79 Å². The Bertz CT molecular complexity index is 400. The number of rotatable bonds is 4. The number of nitrogens with zero attached hydrogens (tertiary/aromatic N) is 2. The highest BCUT2D eigenvalue weighted by molar-refractivity contribution is 5.85. The van der Waals surface area contributed by atoms with Crippen LogP contribution in [0.3, 0.4) is 0 Å². The third-order valence-corrected chi connectivity index (χ3v) is 3.39. The Hall–Kier alpha value is -1.42. The molecule has 0 radical (unpaired) electrons. The zero-order valence-electron chi connectivity index (χ0n) is 10.1. The first-order valence-corrected chi connectivity index (χ1v) is 6.06. The fraction of sp³-hybridized carbons (Fsp3) is 0.538. The molecule has 0 atom stereocenters. The van der Waals surface area contributed by atoms with Crippen LogP contribution in [-0.2, 0) is 6.54 Å². The molecule has 1 heterocycles. The zero-order valence-corrected chi connectivity index (χ0v) is 10.1. The van der Waals surface area contributed by atoms with Crippen LogP contribution in [0, 0.1) is 0 Å². The summed E-state index contributed by atoms with van der Waals surface area (Å²) in [6.45, 7) is 0.728. The molecule has 0 bridgehead atoms. The van der Waals surface area contributed by atoms with Crippen LogP contribution in [0.4, 0.5) is 0 Å². The molecule has 0 aromatic carbocycles. The lowest BCUT2D eigenvalue weighted by molar-refractivity contribution is 0.0690. The van der Waals surface area contributed by atoms with Gasteiger partial charge in [0.25, 0.3) is 0 Å². The molecule has 1 aliphatic rings. The number of carbonyl (C=O) groups is 1. The van der Waals surface area contributed by atoms with Gasteiger partial charge >= 0.3 is 5.97 Å². The Morgan fingerprint density at radius 1 is 1.47 bits per heavy atom. The Balaban J connectivity index is 2.02. The van der Waals surface area contributed by atoms with E-state index in [1.807, 2.05) is 6.07 Å². The van der Waals surface area contributed by atoms with Crippen LogP contribution in [0.15, 0.2) is 18.2 Å². The van der Waals surface area contributed by atoms with Gasteiger partial charge in [0.2, 0.25) is 0 Å². The highest BCUT2D eigenvalue weighted by Crippen LogP contribution is 2.23. The van der Waals surface area contributed by atoms with Crippen molar-refractivity contribution in [3.63, 3.8) is 0 Å². The molecular weight excluding hydrogens is 216 g/mol. The van der Waals surface area contributed by atoms with Gasteiger partial charge in [0, 0.05) is 12.6 Å². The highest BCUT2D eigenvalue weighted by Gasteiger charge is 2.19. The van der Waals surface area contributed by atoms with Crippen molar-refractivity contribution in [2.45, 2.75) is 38.3 Å². The number of carboxylic acid groups (broad SMARTS) is 1. The molecule has 1 aromatic rings. The molecule has 1 fully saturated rings. The van der Waals surface area contributed by atoms with E-state index in [2.05, 4.69) is 16.9 Å². The molecule has 4 heteroatoms. The fourth-order valence-electron chi connectivity index (χ4n) is 2.42. The van der Waals surface area contributed by atoms with Crippen molar-refractivity contribution in [1.82, 2.24) is 9.88 Å². The van der Waals surface area contributed by atoms with Gasteiger partial charge in [0.15, 0.2) is 0 Å². The van der Waals surface area contributed by atoms with Crippen LogP contribution >= 0.6 is 0 Å². The van der Waals surface area contributed by atoms with Crippen LogP contribution in [-0.4, -0.2) is 34.0 Å². The van der Waals surface area contributed by atoms with Crippen molar-refractivity contribution in [3.8, 4) is 0 Å². The summed E-state index contributed by atoms with van der Waals surface area (Å²) in [6.07, 6.45) is 5.10. The molecule has 1 aromatic heterocycles. The maximum Gasteiger partial charge on any atom is 0.354 e. The van der Waals surface area contributed by atoms with Crippen LogP contribution in [0.5, 0.6) is 0 Å². The van der Waals surface area contributed by atoms with Crippen molar-refractivity contribution < 1.29 is 9.90 Å². The molecular formula is C13H18N2O2. The van der Waals surface area contributed by atoms with Crippen molar-refractivity contribution in [2.75, 3.05) is 7.05 Å². The standard InChI is InChI=1S/C13H18N2O2/c1-15(11-6-2-3-7-11)9-10-5-4-8-12(14-10)13(16)17/h4-5,8,11H,2-3,6-7,9H2,1H3,(H,16,17). The van der Waals surface area contributed by atoms with E-state index < -0.39 is 5.97 Å². The minimum Gasteiger partial charge on any atom is -0.477 e. The van der Waals surface area contributed by atoms with Crippen molar-refractivity contribution in [3.05, 3.63) is 29.6 Å². The molecule has 2 rings (SSSR count). The summed E-state index contributed by atoms with van der Waals surface area (Å²) in [6, 6.07) is 5.80.